The third-order valence-corrected chi connectivity index (χ3v) is 2.65. The van der Waals surface area contributed by atoms with Crippen LogP contribution in [0, 0.1) is 6.92 Å². The number of aromatic amines is 1. The Kier molecular flexibility index (Phi) is 1.73. The van der Waals surface area contributed by atoms with Crippen molar-refractivity contribution in [3.63, 3.8) is 0 Å². The van der Waals surface area contributed by atoms with Crippen LogP contribution in [0.5, 0.6) is 0 Å². The number of hydrogen-bond acceptors (Lipinski definition) is 3. The lowest BCUT2D eigenvalue weighted by Crippen LogP contribution is -1.81. The molecule has 0 bridgehead atoms. The number of fused-ring (bicyclic) bond motifs is 3. The Morgan fingerprint density at radius 3 is 3.00 bits per heavy atom. The van der Waals surface area contributed by atoms with Crippen molar-refractivity contribution in [2.45, 2.75) is 11.8 Å². The Balaban J connectivity index is 2.53. The number of hydrogen-bond donors (Lipinski definition) is 2. The molecular weight excluding hydrogens is 206 g/mol. The molecule has 0 atom stereocenters. The van der Waals surface area contributed by atoms with Gasteiger partial charge in [-0.05, 0) is 19.1 Å². The Morgan fingerprint density at radius 2 is 2.13 bits per heavy atom. The van der Waals surface area contributed by atoms with E-state index in [9.17, 15) is 0 Å². The molecule has 0 spiro atoms. The Morgan fingerprint density at radius 1 is 1.27 bits per heavy atom. The lowest BCUT2D eigenvalue weighted by molar-refractivity contribution is 1.17. The maximum Gasteiger partial charge on any atom is 0.115 e. The minimum Gasteiger partial charge on any atom is -0.342 e. The number of H-pyrrole nitrogens is 1. The van der Waals surface area contributed by atoms with Crippen LogP contribution in [0.4, 0.5) is 0 Å². The second kappa shape index (κ2) is 2.97. The number of nitrogens with one attached hydrogen (secondary N) is 1. The molecule has 3 aromatic rings. The number of thiol groups is 1. The zero-order chi connectivity index (χ0) is 10.4. The van der Waals surface area contributed by atoms with Crippen molar-refractivity contribution in [1.82, 2.24) is 15.0 Å². The summed E-state index contributed by atoms with van der Waals surface area (Å²) in [7, 11) is 0. The fourth-order valence-corrected chi connectivity index (χ4v) is 1.98. The van der Waals surface area contributed by atoms with E-state index in [0.29, 0.717) is 0 Å². The number of pyridine rings is 1. The molecule has 74 valence electrons. The van der Waals surface area contributed by atoms with Gasteiger partial charge < -0.3 is 4.98 Å². The molecule has 15 heavy (non-hydrogen) atoms. The highest BCUT2D eigenvalue weighted by Crippen LogP contribution is 2.23. The molecule has 2 aromatic heterocycles. The van der Waals surface area contributed by atoms with Crippen LogP contribution in [0.25, 0.3) is 21.9 Å². The first-order chi connectivity index (χ1) is 7.24. The molecule has 0 aliphatic carbocycles. The summed E-state index contributed by atoms with van der Waals surface area (Å²) in [5.74, 6) is 0.911. The Labute approximate surface area is 92.0 Å². The average Bonchev–Trinajstić information content (AvgIpc) is 2.58. The van der Waals surface area contributed by atoms with Gasteiger partial charge in [0.25, 0.3) is 0 Å². The fourth-order valence-electron chi connectivity index (χ4n) is 1.78. The quantitative estimate of drug-likeness (QED) is 0.566. The second-order valence-electron chi connectivity index (χ2n) is 3.55. The van der Waals surface area contributed by atoms with E-state index in [1.807, 2.05) is 25.1 Å². The van der Waals surface area contributed by atoms with Gasteiger partial charge in [-0.3, -0.25) is 4.98 Å². The number of rotatable bonds is 0. The first kappa shape index (κ1) is 8.73. The van der Waals surface area contributed by atoms with Crippen molar-refractivity contribution in [3.05, 3.63) is 30.2 Å². The molecule has 0 radical (unpaired) electrons. The third-order valence-electron chi connectivity index (χ3n) is 2.41. The van der Waals surface area contributed by atoms with Gasteiger partial charge in [0.15, 0.2) is 0 Å². The van der Waals surface area contributed by atoms with Gasteiger partial charge >= 0.3 is 0 Å². The molecule has 0 saturated carbocycles. The van der Waals surface area contributed by atoms with E-state index < -0.39 is 0 Å². The number of aryl methyl sites for hydroxylation is 1. The van der Waals surface area contributed by atoms with Gasteiger partial charge in [-0.15, -0.1) is 12.6 Å². The van der Waals surface area contributed by atoms with E-state index in [1.165, 1.54) is 0 Å². The second-order valence-corrected chi connectivity index (χ2v) is 4.07. The molecule has 0 aliphatic rings. The lowest BCUT2D eigenvalue weighted by atomic mass is 10.2. The highest BCUT2D eigenvalue weighted by atomic mass is 32.1. The highest BCUT2D eigenvalue weighted by molar-refractivity contribution is 7.80. The van der Waals surface area contributed by atoms with Crippen LogP contribution in [-0.4, -0.2) is 15.0 Å². The van der Waals surface area contributed by atoms with E-state index in [2.05, 4.69) is 27.6 Å². The third kappa shape index (κ3) is 1.29. The molecule has 2 heterocycles. The zero-order valence-electron chi connectivity index (χ0n) is 8.15. The van der Waals surface area contributed by atoms with Crippen molar-refractivity contribution >= 4 is 34.6 Å². The molecule has 0 saturated heterocycles. The predicted octanol–water partition coefficient (Wildman–Crippen LogP) is 2.71. The molecule has 0 aliphatic heterocycles. The maximum atomic E-state index is 4.43. The number of imidazole rings is 1. The van der Waals surface area contributed by atoms with Crippen molar-refractivity contribution in [2.75, 3.05) is 0 Å². The largest absolute Gasteiger partial charge is 0.342 e. The predicted molar refractivity (Wildman–Crippen MR) is 63.4 cm³/mol. The summed E-state index contributed by atoms with van der Waals surface area (Å²) in [4.78, 5) is 12.9. The van der Waals surface area contributed by atoms with Gasteiger partial charge in [0, 0.05) is 16.5 Å². The summed E-state index contributed by atoms with van der Waals surface area (Å²) in [6, 6.07) is 6.05. The first-order valence-electron chi connectivity index (χ1n) is 4.68. The van der Waals surface area contributed by atoms with Gasteiger partial charge in [-0.25, -0.2) is 4.98 Å². The van der Waals surface area contributed by atoms with Crippen LogP contribution < -0.4 is 0 Å². The Hall–Kier alpha value is -1.55. The molecular formula is C11H9N3S. The zero-order valence-corrected chi connectivity index (χ0v) is 9.05. The van der Waals surface area contributed by atoms with Gasteiger partial charge in [0.2, 0.25) is 0 Å². The molecule has 3 nitrogen and oxygen atoms in total. The van der Waals surface area contributed by atoms with Crippen LogP contribution >= 0.6 is 12.6 Å². The summed E-state index contributed by atoms with van der Waals surface area (Å²) in [5.41, 5.74) is 2.88. The molecule has 0 amide bonds. The smallest absolute Gasteiger partial charge is 0.115 e. The summed E-state index contributed by atoms with van der Waals surface area (Å²) in [6.45, 7) is 1.94. The fraction of sp³-hybridized carbons (Fsp3) is 0.0909. The van der Waals surface area contributed by atoms with E-state index in [-0.39, 0.29) is 0 Å². The standard InChI is InChI=1S/C11H9N3S/c1-6-13-9-3-2-7-4-8(15)5-12-10(7)11(9)14-6/h2-5,15H,1H3,(H,13,14). The topological polar surface area (TPSA) is 41.6 Å². The van der Waals surface area contributed by atoms with Gasteiger partial charge in [0.05, 0.1) is 11.0 Å². The summed E-state index contributed by atoms with van der Waals surface area (Å²) >= 11 is 4.27. The SMILES string of the molecule is Cc1nc2c(ccc3cc(S)cnc32)[nH]1. The van der Waals surface area contributed by atoms with Gasteiger partial charge in [-0.2, -0.15) is 0 Å². The van der Waals surface area contributed by atoms with Gasteiger partial charge in [0.1, 0.15) is 11.3 Å². The van der Waals surface area contributed by atoms with Crippen molar-refractivity contribution in [2.24, 2.45) is 0 Å². The van der Waals surface area contributed by atoms with E-state index in [0.717, 1.165) is 32.7 Å². The molecule has 0 fully saturated rings. The van der Waals surface area contributed by atoms with Gasteiger partial charge in [-0.1, -0.05) is 6.07 Å². The Bertz CT molecular complexity index is 657. The van der Waals surface area contributed by atoms with Crippen LogP contribution in [0.2, 0.25) is 0 Å². The molecule has 0 unspecified atom stereocenters. The summed E-state index contributed by atoms with van der Waals surface area (Å²) in [5, 5.41) is 1.07. The normalized spacial score (nSPS) is 11.3. The molecule has 1 N–H and O–H groups in total. The van der Waals surface area contributed by atoms with E-state index in [1.54, 1.807) is 6.20 Å². The number of benzene rings is 1. The summed E-state index contributed by atoms with van der Waals surface area (Å²) in [6.07, 6.45) is 1.74. The van der Waals surface area contributed by atoms with Crippen molar-refractivity contribution < 1.29 is 0 Å². The van der Waals surface area contributed by atoms with E-state index >= 15 is 0 Å². The monoisotopic (exact) mass is 215 g/mol. The highest BCUT2D eigenvalue weighted by Gasteiger charge is 2.05. The lowest BCUT2D eigenvalue weighted by Gasteiger charge is -1.98. The van der Waals surface area contributed by atoms with Crippen LogP contribution in [0.15, 0.2) is 29.3 Å². The first-order valence-corrected chi connectivity index (χ1v) is 5.13. The van der Waals surface area contributed by atoms with Crippen LogP contribution in [0.1, 0.15) is 5.82 Å². The molecule has 1 aromatic carbocycles. The minimum absolute atomic E-state index is 0.870. The molecule has 4 heteroatoms. The van der Waals surface area contributed by atoms with E-state index in [4.69, 9.17) is 0 Å². The number of aromatic nitrogens is 3. The minimum atomic E-state index is 0.870. The van der Waals surface area contributed by atoms with Crippen molar-refractivity contribution in [1.29, 1.82) is 0 Å². The maximum absolute atomic E-state index is 4.43. The van der Waals surface area contributed by atoms with Crippen molar-refractivity contribution in [3.8, 4) is 0 Å². The number of nitrogens with zero attached hydrogens (tertiary/aromatic N) is 2. The molecule has 3 rings (SSSR count). The summed E-state index contributed by atoms with van der Waals surface area (Å²) < 4.78 is 0. The average molecular weight is 215 g/mol. The van der Waals surface area contributed by atoms with Crippen LogP contribution in [0.3, 0.4) is 0 Å². The van der Waals surface area contributed by atoms with Crippen LogP contribution in [-0.2, 0) is 0 Å².